The lowest BCUT2D eigenvalue weighted by molar-refractivity contribution is -0.125. The monoisotopic (exact) mass is 484 g/mol. The van der Waals surface area contributed by atoms with Gasteiger partial charge >= 0.3 is 0 Å². The summed E-state index contributed by atoms with van der Waals surface area (Å²) in [5.74, 6) is -1.57. The quantitative estimate of drug-likeness (QED) is 0.551. The van der Waals surface area contributed by atoms with Crippen LogP contribution < -0.4 is 20.4 Å². The number of aryl methyl sites for hydroxylation is 2. The van der Waals surface area contributed by atoms with Crippen molar-refractivity contribution in [3.05, 3.63) is 83.4 Å². The molecule has 3 aromatic rings. The summed E-state index contributed by atoms with van der Waals surface area (Å²) in [5.41, 5.74) is 4.43. The van der Waals surface area contributed by atoms with Gasteiger partial charge in [-0.15, -0.1) is 0 Å². The molecule has 36 heavy (non-hydrogen) atoms. The molecule has 2 N–H and O–H groups in total. The van der Waals surface area contributed by atoms with E-state index in [4.69, 9.17) is 4.74 Å². The van der Waals surface area contributed by atoms with E-state index in [1.165, 1.54) is 4.90 Å². The van der Waals surface area contributed by atoms with Gasteiger partial charge in [0.15, 0.2) is 6.04 Å². The average molecular weight is 485 g/mol. The molecule has 1 unspecified atom stereocenters. The SMILES string of the molecule is Cc1cccc(C)c1N1C(=O)c2ccccc2NC(=O)C1C(=O)Nc1ccc(N2CCOCC2)cc1. The van der Waals surface area contributed by atoms with E-state index in [-0.39, 0.29) is 0 Å². The Hall–Kier alpha value is -4.17. The maximum atomic E-state index is 13.8. The third-order valence-corrected chi connectivity index (χ3v) is 6.58. The molecule has 8 heteroatoms. The highest BCUT2D eigenvalue weighted by atomic mass is 16.5. The van der Waals surface area contributed by atoms with Crippen LogP contribution in [0.15, 0.2) is 66.7 Å². The summed E-state index contributed by atoms with van der Waals surface area (Å²) in [6, 6.07) is 18.5. The van der Waals surface area contributed by atoms with E-state index in [2.05, 4.69) is 15.5 Å². The predicted octanol–water partition coefficient (Wildman–Crippen LogP) is 3.75. The lowest BCUT2D eigenvalue weighted by atomic mass is 10.0. The summed E-state index contributed by atoms with van der Waals surface area (Å²) < 4.78 is 5.41. The second-order valence-corrected chi connectivity index (χ2v) is 8.99. The number of morpholine rings is 1. The minimum Gasteiger partial charge on any atom is -0.378 e. The van der Waals surface area contributed by atoms with Crippen LogP contribution in [0.4, 0.5) is 22.7 Å². The van der Waals surface area contributed by atoms with Gasteiger partial charge in [0.2, 0.25) is 0 Å². The van der Waals surface area contributed by atoms with Gasteiger partial charge in [-0.3, -0.25) is 19.3 Å². The first kappa shape index (κ1) is 23.6. The van der Waals surface area contributed by atoms with Crippen LogP contribution in [0.3, 0.4) is 0 Å². The Morgan fingerprint density at radius 1 is 0.917 bits per heavy atom. The fraction of sp³-hybridized carbons (Fsp3) is 0.250. The number of amides is 3. The molecule has 0 aromatic heterocycles. The Morgan fingerprint density at radius 2 is 1.58 bits per heavy atom. The number of rotatable bonds is 4. The van der Waals surface area contributed by atoms with Crippen molar-refractivity contribution in [2.75, 3.05) is 46.7 Å². The molecule has 0 aliphatic carbocycles. The number of hydrogen-bond acceptors (Lipinski definition) is 5. The van der Waals surface area contributed by atoms with Crippen LogP contribution in [-0.2, 0) is 14.3 Å². The largest absolute Gasteiger partial charge is 0.378 e. The zero-order chi connectivity index (χ0) is 25.2. The summed E-state index contributed by atoms with van der Waals surface area (Å²) in [5, 5.41) is 5.63. The molecule has 5 rings (SSSR count). The first-order valence-corrected chi connectivity index (χ1v) is 12.0. The lowest BCUT2D eigenvalue weighted by Gasteiger charge is -2.30. The molecule has 0 saturated carbocycles. The normalized spacial score (nSPS) is 17.8. The van der Waals surface area contributed by atoms with Crippen molar-refractivity contribution >= 4 is 40.5 Å². The average Bonchev–Trinajstić information content (AvgIpc) is 2.99. The van der Waals surface area contributed by atoms with Crippen molar-refractivity contribution < 1.29 is 19.1 Å². The van der Waals surface area contributed by atoms with E-state index < -0.39 is 23.8 Å². The van der Waals surface area contributed by atoms with Crippen molar-refractivity contribution in [3.63, 3.8) is 0 Å². The van der Waals surface area contributed by atoms with Gasteiger partial charge in [0.25, 0.3) is 17.7 Å². The summed E-state index contributed by atoms with van der Waals surface area (Å²) >= 11 is 0. The van der Waals surface area contributed by atoms with Crippen LogP contribution in [0.5, 0.6) is 0 Å². The first-order chi connectivity index (χ1) is 17.4. The highest BCUT2D eigenvalue weighted by molar-refractivity contribution is 6.26. The fourth-order valence-corrected chi connectivity index (χ4v) is 4.78. The van der Waals surface area contributed by atoms with E-state index in [1.54, 1.807) is 36.4 Å². The Kier molecular flexibility index (Phi) is 6.43. The van der Waals surface area contributed by atoms with E-state index >= 15 is 0 Å². The molecule has 3 aromatic carbocycles. The predicted molar refractivity (Wildman–Crippen MR) is 140 cm³/mol. The molecule has 1 saturated heterocycles. The summed E-state index contributed by atoms with van der Waals surface area (Å²) in [6.45, 7) is 6.70. The van der Waals surface area contributed by atoms with Gasteiger partial charge in [-0.1, -0.05) is 30.3 Å². The van der Waals surface area contributed by atoms with Gasteiger partial charge in [-0.25, -0.2) is 0 Å². The maximum absolute atomic E-state index is 13.8. The Bertz CT molecular complexity index is 1300. The molecule has 0 spiro atoms. The molecule has 184 valence electrons. The van der Waals surface area contributed by atoms with Gasteiger partial charge in [0, 0.05) is 24.5 Å². The number of anilines is 4. The van der Waals surface area contributed by atoms with Gasteiger partial charge in [-0.2, -0.15) is 0 Å². The number of ether oxygens (including phenoxy) is 1. The molecule has 1 fully saturated rings. The van der Waals surface area contributed by atoms with Crippen LogP contribution in [0.25, 0.3) is 0 Å². The molecule has 0 bridgehead atoms. The number of carbonyl (C=O) groups excluding carboxylic acids is 3. The van der Waals surface area contributed by atoms with E-state index in [0.717, 1.165) is 29.9 Å². The zero-order valence-corrected chi connectivity index (χ0v) is 20.3. The van der Waals surface area contributed by atoms with Gasteiger partial charge < -0.3 is 20.3 Å². The highest BCUT2D eigenvalue weighted by Gasteiger charge is 2.42. The number of carbonyl (C=O) groups is 3. The number of benzene rings is 3. The van der Waals surface area contributed by atoms with Crippen LogP contribution in [0, 0.1) is 13.8 Å². The number of para-hydroxylation sites is 2. The molecule has 8 nitrogen and oxygen atoms in total. The van der Waals surface area contributed by atoms with Gasteiger partial charge in [0.1, 0.15) is 0 Å². The summed E-state index contributed by atoms with van der Waals surface area (Å²) in [4.78, 5) is 44.4. The minimum absolute atomic E-state index is 0.332. The topological polar surface area (TPSA) is 91.0 Å². The minimum atomic E-state index is -1.40. The fourth-order valence-electron chi connectivity index (χ4n) is 4.78. The van der Waals surface area contributed by atoms with Gasteiger partial charge in [-0.05, 0) is 61.4 Å². The third kappa shape index (κ3) is 4.43. The van der Waals surface area contributed by atoms with Crippen molar-refractivity contribution in [2.24, 2.45) is 0 Å². The number of fused-ring (bicyclic) bond motifs is 1. The van der Waals surface area contributed by atoms with Crippen LogP contribution >= 0.6 is 0 Å². The zero-order valence-electron chi connectivity index (χ0n) is 20.3. The Morgan fingerprint density at radius 3 is 2.28 bits per heavy atom. The Labute approximate surface area is 209 Å². The third-order valence-electron chi connectivity index (χ3n) is 6.58. The second-order valence-electron chi connectivity index (χ2n) is 8.99. The first-order valence-electron chi connectivity index (χ1n) is 12.0. The number of nitrogens with one attached hydrogen (secondary N) is 2. The van der Waals surface area contributed by atoms with Crippen LogP contribution in [0.1, 0.15) is 21.5 Å². The molecule has 3 amide bonds. The van der Waals surface area contributed by atoms with Crippen molar-refractivity contribution in [1.82, 2.24) is 0 Å². The number of hydrogen-bond donors (Lipinski definition) is 2. The number of nitrogens with zero attached hydrogens (tertiary/aromatic N) is 2. The van der Waals surface area contributed by atoms with E-state index in [1.807, 2.05) is 44.2 Å². The van der Waals surface area contributed by atoms with Crippen molar-refractivity contribution in [2.45, 2.75) is 19.9 Å². The summed E-state index contributed by atoms with van der Waals surface area (Å²) in [7, 11) is 0. The smallest absolute Gasteiger partial charge is 0.261 e. The summed E-state index contributed by atoms with van der Waals surface area (Å²) in [6.07, 6.45) is 0. The standard InChI is InChI=1S/C28H28N4O4/c1-18-6-5-7-19(2)24(18)32-25(27(34)30-23-9-4-3-8-22(23)28(32)35)26(33)29-20-10-12-21(13-11-20)31-14-16-36-17-15-31/h3-13,25H,14-17H2,1-2H3,(H,29,33)(H,30,34). The van der Waals surface area contributed by atoms with E-state index in [0.29, 0.717) is 35.8 Å². The van der Waals surface area contributed by atoms with Crippen molar-refractivity contribution in [1.29, 1.82) is 0 Å². The van der Waals surface area contributed by atoms with Crippen molar-refractivity contribution in [3.8, 4) is 0 Å². The molecule has 2 aliphatic rings. The maximum Gasteiger partial charge on any atom is 0.261 e. The van der Waals surface area contributed by atoms with Crippen LogP contribution in [-0.4, -0.2) is 50.1 Å². The molecular formula is C28H28N4O4. The molecule has 2 heterocycles. The molecule has 1 atom stereocenters. The lowest BCUT2D eigenvalue weighted by Crippen LogP contribution is -2.53. The molecule has 2 aliphatic heterocycles. The molecule has 0 radical (unpaired) electrons. The highest BCUT2D eigenvalue weighted by Crippen LogP contribution is 2.33. The Balaban J connectivity index is 1.49. The molecular weight excluding hydrogens is 456 g/mol. The van der Waals surface area contributed by atoms with Gasteiger partial charge in [0.05, 0.1) is 30.2 Å². The van der Waals surface area contributed by atoms with E-state index in [9.17, 15) is 14.4 Å². The van der Waals surface area contributed by atoms with Crippen LogP contribution in [0.2, 0.25) is 0 Å². The second kappa shape index (κ2) is 9.83.